The van der Waals surface area contributed by atoms with Gasteiger partial charge in [0.1, 0.15) is 0 Å². The molecule has 0 bridgehead atoms. The van der Waals surface area contributed by atoms with Gasteiger partial charge in [-0.05, 0) is 56.5 Å². The van der Waals surface area contributed by atoms with E-state index in [1.54, 1.807) is 18.3 Å². The highest BCUT2D eigenvalue weighted by Crippen LogP contribution is 2.30. The third-order valence-corrected chi connectivity index (χ3v) is 5.15. The minimum Gasteiger partial charge on any atom is -0.491 e. The second-order valence-corrected chi connectivity index (χ2v) is 7.31. The van der Waals surface area contributed by atoms with E-state index in [-0.39, 0.29) is 11.5 Å². The van der Waals surface area contributed by atoms with Crippen molar-refractivity contribution in [3.8, 4) is 11.5 Å². The molecule has 0 radical (unpaired) electrons. The molecule has 1 saturated heterocycles. The first-order valence-electron chi connectivity index (χ1n) is 10.4. The Balaban J connectivity index is 1.36. The third-order valence-electron chi connectivity index (χ3n) is 5.15. The molecular weight excluding hydrogens is 387 g/mol. The summed E-state index contributed by atoms with van der Waals surface area (Å²) < 4.78 is 31.1. The van der Waals surface area contributed by atoms with Crippen LogP contribution >= 0.6 is 0 Å². The van der Waals surface area contributed by atoms with Crippen LogP contribution in [0.25, 0.3) is 11.2 Å². The summed E-state index contributed by atoms with van der Waals surface area (Å²) in [4.78, 5) is 10.9. The topological polar surface area (TPSA) is 72.7 Å². The molecule has 1 aromatic carbocycles. The summed E-state index contributed by atoms with van der Waals surface area (Å²) in [7, 11) is 0. The van der Waals surface area contributed by atoms with E-state index in [4.69, 9.17) is 13.9 Å². The van der Waals surface area contributed by atoms with Crippen LogP contribution in [0, 0.1) is 5.82 Å². The van der Waals surface area contributed by atoms with Crippen LogP contribution in [0.15, 0.2) is 34.9 Å². The molecule has 1 aliphatic rings. The predicted octanol–water partition coefficient (Wildman–Crippen LogP) is 4.24. The van der Waals surface area contributed by atoms with Crippen molar-refractivity contribution in [2.24, 2.45) is 0 Å². The Morgan fingerprint density at radius 1 is 1.17 bits per heavy atom. The molecule has 3 heterocycles. The quantitative estimate of drug-likeness (QED) is 0.591. The van der Waals surface area contributed by atoms with Gasteiger partial charge in [0.15, 0.2) is 17.1 Å². The zero-order valence-electron chi connectivity index (χ0n) is 17.4. The molecule has 1 N–H and O–H groups in total. The molecule has 0 amide bonds. The van der Waals surface area contributed by atoms with Gasteiger partial charge in [0.2, 0.25) is 11.5 Å². The average molecular weight is 414 g/mol. The van der Waals surface area contributed by atoms with Crippen LogP contribution in [-0.4, -0.2) is 47.2 Å². The predicted molar refractivity (Wildman–Crippen MR) is 112 cm³/mol. The van der Waals surface area contributed by atoms with Crippen LogP contribution in [0.5, 0.6) is 11.5 Å². The van der Waals surface area contributed by atoms with Gasteiger partial charge in [0, 0.05) is 31.9 Å². The highest BCUT2D eigenvalue weighted by atomic mass is 19.1. The number of nitrogens with one attached hydrogen (secondary N) is 1. The Hall–Kier alpha value is -2.87. The van der Waals surface area contributed by atoms with E-state index in [9.17, 15) is 4.39 Å². The monoisotopic (exact) mass is 414 g/mol. The Bertz CT molecular complexity index is 925. The summed E-state index contributed by atoms with van der Waals surface area (Å²) >= 11 is 0. The lowest BCUT2D eigenvalue weighted by atomic mass is 10.0. The van der Waals surface area contributed by atoms with Crippen molar-refractivity contribution in [1.29, 1.82) is 0 Å². The van der Waals surface area contributed by atoms with E-state index in [1.165, 1.54) is 0 Å². The fourth-order valence-corrected chi connectivity index (χ4v) is 3.74. The highest BCUT2D eigenvalue weighted by Gasteiger charge is 2.22. The summed E-state index contributed by atoms with van der Waals surface area (Å²) in [6, 6.07) is 8.05. The molecule has 2 aromatic heterocycles. The number of nitrogens with zero attached hydrogens (tertiary/aromatic N) is 3. The fourth-order valence-electron chi connectivity index (χ4n) is 3.74. The number of anilines is 1. The number of fused-ring (bicyclic) bond motifs is 1. The summed E-state index contributed by atoms with van der Waals surface area (Å²) in [5.41, 5.74) is 2.28. The summed E-state index contributed by atoms with van der Waals surface area (Å²) in [5, 5.41) is 3.38. The van der Waals surface area contributed by atoms with Crippen molar-refractivity contribution in [3.63, 3.8) is 0 Å². The first kappa shape index (κ1) is 20.4. The number of pyridine rings is 1. The first-order chi connectivity index (χ1) is 14.7. The average Bonchev–Trinajstić information content (AvgIpc) is 3.15. The van der Waals surface area contributed by atoms with Crippen molar-refractivity contribution in [2.45, 2.75) is 39.3 Å². The first-order valence-corrected chi connectivity index (χ1v) is 10.4. The number of hydrogen-bond acceptors (Lipinski definition) is 7. The standard InChI is InChI=1S/C22H27FN4O3/c1-3-28-18-12-15(13-19(20(18)23)29-4-2)14-27-10-7-16(8-11-27)25-22-26-21-17(30-22)6-5-9-24-21/h5-6,9,12-13,16H,3-4,7-8,10-11,14H2,1-2H3,(H,24,25,26). The van der Waals surface area contributed by atoms with E-state index < -0.39 is 5.82 Å². The molecule has 0 spiro atoms. The lowest BCUT2D eigenvalue weighted by Crippen LogP contribution is -2.38. The number of oxazole rings is 1. The van der Waals surface area contributed by atoms with Gasteiger partial charge >= 0.3 is 0 Å². The van der Waals surface area contributed by atoms with E-state index in [0.29, 0.717) is 36.5 Å². The minimum absolute atomic E-state index is 0.250. The molecule has 7 nitrogen and oxygen atoms in total. The Labute approximate surface area is 175 Å². The van der Waals surface area contributed by atoms with E-state index in [1.807, 2.05) is 26.0 Å². The van der Waals surface area contributed by atoms with Crippen LogP contribution < -0.4 is 14.8 Å². The molecular formula is C22H27FN4O3. The lowest BCUT2D eigenvalue weighted by molar-refractivity contribution is 0.209. The summed E-state index contributed by atoms with van der Waals surface area (Å²) in [6.07, 6.45) is 3.63. The van der Waals surface area contributed by atoms with Crippen molar-refractivity contribution in [2.75, 3.05) is 31.6 Å². The zero-order valence-corrected chi connectivity index (χ0v) is 17.4. The van der Waals surface area contributed by atoms with Crippen molar-refractivity contribution >= 4 is 17.2 Å². The van der Waals surface area contributed by atoms with Gasteiger partial charge in [0.25, 0.3) is 6.01 Å². The third kappa shape index (κ3) is 4.64. The van der Waals surface area contributed by atoms with E-state index >= 15 is 0 Å². The zero-order chi connectivity index (χ0) is 20.9. The number of aromatic nitrogens is 2. The van der Waals surface area contributed by atoms with Gasteiger partial charge in [-0.2, -0.15) is 9.37 Å². The number of piperidine rings is 1. The maximum Gasteiger partial charge on any atom is 0.297 e. The van der Waals surface area contributed by atoms with Crippen molar-refractivity contribution < 1.29 is 18.3 Å². The van der Waals surface area contributed by atoms with Gasteiger partial charge in [0.05, 0.1) is 13.2 Å². The molecule has 1 fully saturated rings. The largest absolute Gasteiger partial charge is 0.491 e. The number of hydrogen-bond donors (Lipinski definition) is 1. The van der Waals surface area contributed by atoms with Gasteiger partial charge < -0.3 is 19.2 Å². The lowest BCUT2D eigenvalue weighted by Gasteiger charge is -2.32. The minimum atomic E-state index is -0.432. The molecule has 30 heavy (non-hydrogen) atoms. The SMILES string of the molecule is CCOc1cc(CN2CCC(Nc3nc4ncccc4o3)CC2)cc(OCC)c1F. The maximum absolute atomic E-state index is 14.4. The van der Waals surface area contributed by atoms with Gasteiger partial charge in [-0.3, -0.25) is 4.90 Å². The highest BCUT2D eigenvalue weighted by molar-refractivity contribution is 5.69. The van der Waals surface area contributed by atoms with Gasteiger partial charge in [-0.15, -0.1) is 0 Å². The summed E-state index contributed by atoms with van der Waals surface area (Å²) in [6.45, 7) is 7.07. The van der Waals surface area contributed by atoms with E-state index in [2.05, 4.69) is 20.2 Å². The molecule has 4 rings (SSSR count). The van der Waals surface area contributed by atoms with Gasteiger partial charge in [-0.1, -0.05) is 0 Å². The number of ether oxygens (including phenoxy) is 2. The molecule has 0 aliphatic carbocycles. The maximum atomic E-state index is 14.4. The number of rotatable bonds is 8. The van der Waals surface area contributed by atoms with Crippen LogP contribution in [0.2, 0.25) is 0 Å². The van der Waals surface area contributed by atoms with Crippen LogP contribution in [0.3, 0.4) is 0 Å². The smallest absolute Gasteiger partial charge is 0.297 e. The molecule has 0 atom stereocenters. The molecule has 0 saturated carbocycles. The fraction of sp³-hybridized carbons (Fsp3) is 0.455. The second-order valence-electron chi connectivity index (χ2n) is 7.31. The number of likely N-dealkylation sites (tertiary alicyclic amines) is 1. The Morgan fingerprint density at radius 2 is 1.87 bits per heavy atom. The van der Waals surface area contributed by atoms with Crippen molar-refractivity contribution in [3.05, 3.63) is 41.8 Å². The number of benzene rings is 1. The van der Waals surface area contributed by atoms with Crippen molar-refractivity contribution in [1.82, 2.24) is 14.9 Å². The molecule has 160 valence electrons. The summed E-state index contributed by atoms with van der Waals surface area (Å²) in [5.74, 6) is 0.0670. The van der Waals surface area contributed by atoms with Crippen LogP contribution in [0.1, 0.15) is 32.3 Å². The normalized spacial score (nSPS) is 15.4. The molecule has 1 aliphatic heterocycles. The van der Waals surface area contributed by atoms with Gasteiger partial charge in [-0.25, -0.2) is 4.98 Å². The van der Waals surface area contributed by atoms with Crippen LogP contribution in [0.4, 0.5) is 10.4 Å². The molecule has 0 unspecified atom stereocenters. The van der Waals surface area contributed by atoms with E-state index in [0.717, 1.165) is 38.0 Å². The number of halogens is 1. The van der Waals surface area contributed by atoms with Crippen LogP contribution in [-0.2, 0) is 6.54 Å². The Morgan fingerprint density at radius 3 is 2.50 bits per heavy atom. The Kier molecular flexibility index (Phi) is 6.32. The molecule has 3 aromatic rings. The second kappa shape index (κ2) is 9.30. The molecule has 8 heteroatoms.